The van der Waals surface area contributed by atoms with E-state index in [0.717, 1.165) is 0 Å². The molecular formula is C6H12N2S. The van der Waals surface area contributed by atoms with Gasteiger partial charge in [0, 0.05) is 5.88 Å². The summed E-state index contributed by atoms with van der Waals surface area (Å²) in [4.78, 5) is 3.77. The minimum absolute atomic E-state index is 0.212. The molecule has 0 spiro atoms. The molecule has 0 aromatic rings. The van der Waals surface area contributed by atoms with Crippen molar-refractivity contribution in [3.8, 4) is 0 Å². The first-order valence-corrected chi connectivity index (χ1v) is 3.80. The molecule has 3 heteroatoms. The van der Waals surface area contributed by atoms with Crippen LogP contribution in [0.25, 0.3) is 0 Å². The second-order valence-corrected chi connectivity index (χ2v) is 2.52. The second kappa shape index (κ2) is 5.85. The van der Waals surface area contributed by atoms with Crippen LogP contribution in [0.4, 0.5) is 0 Å². The van der Waals surface area contributed by atoms with Gasteiger partial charge < -0.3 is 5.73 Å². The van der Waals surface area contributed by atoms with Crippen LogP contribution in [-0.2, 0) is 0 Å². The summed E-state index contributed by atoms with van der Waals surface area (Å²) in [5.41, 5.74) is 5.22. The predicted octanol–water partition coefficient (Wildman–Crippen LogP) is 1.24. The summed E-state index contributed by atoms with van der Waals surface area (Å²) in [6.07, 6.45) is 1.96. The summed E-state index contributed by atoms with van der Waals surface area (Å²) in [6.45, 7) is 5.37. The Labute approximate surface area is 60.2 Å². The fraction of sp³-hybridized carbons (Fsp3) is 0.500. The SMILES string of the molecule is C=NC(C)/C=C\SCN. The molecule has 2 nitrogen and oxygen atoms in total. The molecule has 0 aliphatic heterocycles. The van der Waals surface area contributed by atoms with Crippen LogP contribution >= 0.6 is 11.8 Å². The molecular weight excluding hydrogens is 132 g/mol. The molecule has 0 aliphatic rings. The van der Waals surface area contributed by atoms with Crippen LogP contribution in [-0.4, -0.2) is 18.6 Å². The molecule has 0 saturated carbocycles. The number of thioether (sulfide) groups is 1. The van der Waals surface area contributed by atoms with Crippen LogP contribution in [0.2, 0.25) is 0 Å². The number of rotatable bonds is 4. The number of nitrogens with zero attached hydrogens (tertiary/aromatic N) is 1. The summed E-state index contributed by atoms with van der Waals surface area (Å²) in [5, 5.41) is 1.94. The number of nitrogens with two attached hydrogens (primary N) is 1. The summed E-state index contributed by atoms with van der Waals surface area (Å²) >= 11 is 1.56. The Balaban J connectivity index is 3.31. The lowest BCUT2D eigenvalue weighted by Crippen LogP contribution is -1.91. The Morgan fingerprint density at radius 2 is 2.56 bits per heavy atom. The van der Waals surface area contributed by atoms with Crippen molar-refractivity contribution in [2.75, 3.05) is 5.88 Å². The highest BCUT2D eigenvalue weighted by Gasteiger charge is 1.84. The van der Waals surface area contributed by atoms with Gasteiger partial charge in [-0.25, -0.2) is 0 Å². The highest BCUT2D eigenvalue weighted by atomic mass is 32.2. The maximum Gasteiger partial charge on any atom is 0.0652 e. The van der Waals surface area contributed by atoms with E-state index in [0.29, 0.717) is 5.88 Å². The van der Waals surface area contributed by atoms with Gasteiger partial charge in [0.2, 0.25) is 0 Å². The molecule has 0 bridgehead atoms. The van der Waals surface area contributed by atoms with E-state index in [4.69, 9.17) is 5.73 Å². The molecule has 0 rings (SSSR count). The summed E-state index contributed by atoms with van der Waals surface area (Å²) in [7, 11) is 0. The van der Waals surface area contributed by atoms with E-state index in [1.165, 1.54) is 0 Å². The minimum Gasteiger partial charge on any atom is -0.322 e. The molecule has 0 aliphatic carbocycles. The summed E-state index contributed by atoms with van der Waals surface area (Å²) in [5.74, 6) is 0.625. The van der Waals surface area contributed by atoms with Crippen molar-refractivity contribution in [2.45, 2.75) is 13.0 Å². The van der Waals surface area contributed by atoms with Crippen molar-refractivity contribution in [1.82, 2.24) is 0 Å². The molecule has 52 valence electrons. The number of hydrogen-bond donors (Lipinski definition) is 1. The average Bonchev–Trinajstić information content (AvgIpc) is 1.89. The topological polar surface area (TPSA) is 38.4 Å². The highest BCUT2D eigenvalue weighted by molar-refractivity contribution is 8.02. The third kappa shape index (κ3) is 5.59. The Hall–Kier alpha value is -0.280. The van der Waals surface area contributed by atoms with Gasteiger partial charge in [0.05, 0.1) is 6.04 Å². The molecule has 9 heavy (non-hydrogen) atoms. The van der Waals surface area contributed by atoms with Gasteiger partial charge in [-0.1, -0.05) is 6.08 Å². The standard InChI is InChI=1S/C6H12N2S/c1-6(8-2)3-4-9-5-7/h3-4,6H,2,5,7H2,1H3/b4-3-. The summed E-state index contributed by atoms with van der Waals surface area (Å²) < 4.78 is 0. The van der Waals surface area contributed by atoms with E-state index in [1.807, 2.05) is 18.4 Å². The molecule has 0 aromatic heterocycles. The van der Waals surface area contributed by atoms with Crippen LogP contribution in [0.3, 0.4) is 0 Å². The zero-order chi connectivity index (χ0) is 7.11. The van der Waals surface area contributed by atoms with E-state index in [1.54, 1.807) is 11.8 Å². The third-order valence-electron chi connectivity index (χ3n) is 0.838. The Morgan fingerprint density at radius 3 is 3.00 bits per heavy atom. The van der Waals surface area contributed by atoms with E-state index in [2.05, 4.69) is 11.7 Å². The lowest BCUT2D eigenvalue weighted by Gasteiger charge is -1.93. The van der Waals surface area contributed by atoms with Crippen LogP contribution in [0.15, 0.2) is 16.5 Å². The first-order chi connectivity index (χ1) is 4.31. The third-order valence-corrected chi connectivity index (χ3v) is 1.38. The first kappa shape index (κ1) is 8.72. The largest absolute Gasteiger partial charge is 0.322 e. The van der Waals surface area contributed by atoms with Crippen molar-refractivity contribution < 1.29 is 0 Å². The van der Waals surface area contributed by atoms with Gasteiger partial charge in [0.25, 0.3) is 0 Å². The quantitative estimate of drug-likeness (QED) is 0.476. The Bertz CT molecular complexity index is 101. The molecule has 0 radical (unpaired) electrons. The monoisotopic (exact) mass is 144 g/mol. The molecule has 0 heterocycles. The maximum atomic E-state index is 5.22. The maximum absolute atomic E-state index is 5.22. The number of hydrogen-bond acceptors (Lipinski definition) is 3. The van der Waals surface area contributed by atoms with Crippen molar-refractivity contribution in [3.05, 3.63) is 11.5 Å². The van der Waals surface area contributed by atoms with Gasteiger partial charge in [-0.15, -0.1) is 11.8 Å². The Morgan fingerprint density at radius 1 is 1.89 bits per heavy atom. The van der Waals surface area contributed by atoms with Crippen LogP contribution in [0.1, 0.15) is 6.92 Å². The van der Waals surface area contributed by atoms with Crippen LogP contribution in [0, 0.1) is 0 Å². The van der Waals surface area contributed by atoms with E-state index >= 15 is 0 Å². The predicted molar refractivity (Wildman–Crippen MR) is 44.8 cm³/mol. The van der Waals surface area contributed by atoms with Crippen molar-refractivity contribution in [3.63, 3.8) is 0 Å². The van der Waals surface area contributed by atoms with Crippen molar-refractivity contribution in [2.24, 2.45) is 10.7 Å². The molecule has 0 saturated heterocycles. The van der Waals surface area contributed by atoms with Gasteiger partial charge in [-0.05, 0) is 19.0 Å². The van der Waals surface area contributed by atoms with Crippen LogP contribution < -0.4 is 5.73 Å². The van der Waals surface area contributed by atoms with E-state index in [9.17, 15) is 0 Å². The normalized spacial score (nSPS) is 14.0. The zero-order valence-electron chi connectivity index (χ0n) is 5.58. The Kier molecular flexibility index (Phi) is 5.67. The van der Waals surface area contributed by atoms with Gasteiger partial charge in [-0.3, -0.25) is 4.99 Å². The van der Waals surface area contributed by atoms with Gasteiger partial charge >= 0.3 is 0 Å². The minimum atomic E-state index is 0.212. The molecule has 1 unspecified atom stereocenters. The summed E-state index contributed by atoms with van der Waals surface area (Å²) in [6, 6.07) is 0.212. The van der Waals surface area contributed by atoms with Crippen molar-refractivity contribution in [1.29, 1.82) is 0 Å². The second-order valence-electron chi connectivity index (χ2n) is 1.59. The smallest absolute Gasteiger partial charge is 0.0652 e. The first-order valence-electron chi connectivity index (χ1n) is 2.75. The van der Waals surface area contributed by atoms with Gasteiger partial charge in [0.1, 0.15) is 0 Å². The molecule has 1 atom stereocenters. The number of aliphatic imine (C=N–C) groups is 1. The van der Waals surface area contributed by atoms with E-state index < -0.39 is 0 Å². The van der Waals surface area contributed by atoms with Gasteiger partial charge in [-0.2, -0.15) is 0 Å². The van der Waals surface area contributed by atoms with Crippen molar-refractivity contribution >= 4 is 18.5 Å². The average molecular weight is 144 g/mol. The fourth-order valence-electron chi connectivity index (χ4n) is 0.286. The lowest BCUT2D eigenvalue weighted by molar-refractivity contribution is 0.939. The molecule has 0 aromatic carbocycles. The zero-order valence-corrected chi connectivity index (χ0v) is 6.40. The van der Waals surface area contributed by atoms with E-state index in [-0.39, 0.29) is 6.04 Å². The fourth-order valence-corrected chi connectivity index (χ4v) is 0.735. The molecule has 0 fully saturated rings. The highest BCUT2D eigenvalue weighted by Crippen LogP contribution is 1.99. The molecule has 2 N–H and O–H groups in total. The molecule has 0 amide bonds. The van der Waals surface area contributed by atoms with Gasteiger partial charge in [0.15, 0.2) is 0 Å². The van der Waals surface area contributed by atoms with Crippen LogP contribution in [0.5, 0.6) is 0 Å². The lowest BCUT2D eigenvalue weighted by atomic mass is 10.4.